The molecule has 1 fully saturated rings. The Balaban J connectivity index is 1.53. The number of carbonyl (C=O) groups is 2. The van der Waals surface area contributed by atoms with Crippen molar-refractivity contribution >= 4 is 22.6 Å². The fourth-order valence-corrected chi connectivity index (χ4v) is 3.53. The number of rotatable bonds is 6. The summed E-state index contributed by atoms with van der Waals surface area (Å²) in [6, 6.07) is 23.4. The van der Waals surface area contributed by atoms with Gasteiger partial charge in [0, 0.05) is 12.5 Å². The molecule has 5 heteroatoms. The molecule has 3 aromatic carbocycles. The summed E-state index contributed by atoms with van der Waals surface area (Å²) in [6.45, 7) is 2.07. The van der Waals surface area contributed by atoms with Crippen LogP contribution >= 0.6 is 0 Å². The van der Waals surface area contributed by atoms with Gasteiger partial charge in [0.15, 0.2) is 0 Å². The van der Waals surface area contributed by atoms with Crippen LogP contribution in [0.5, 0.6) is 0 Å². The molecular formula is C23H21NO4. The van der Waals surface area contributed by atoms with E-state index >= 15 is 0 Å². The first-order valence-corrected chi connectivity index (χ1v) is 9.26. The largest absolute Gasteiger partial charge is 0.457 e. The van der Waals surface area contributed by atoms with E-state index in [-0.39, 0.29) is 5.91 Å². The lowest BCUT2D eigenvalue weighted by Gasteiger charge is -2.40. The molecule has 0 radical (unpaired) electrons. The van der Waals surface area contributed by atoms with Gasteiger partial charge in [-0.1, -0.05) is 72.8 Å². The van der Waals surface area contributed by atoms with E-state index < -0.39 is 18.0 Å². The van der Waals surface area contributed by atoms with Crippen LogP contribution in [0.1, 0.15) is 24.2 Å². The Morgan fingerprint density at radius 2 is 1.75 bits per heavy atom. The van der Waals surface area contributed by atoms with E-state index in [4.69, 9.17) is 9.57 Å². The summed E-state index contributed by atoms with van der Waals surface area (Å²) in [6.07, 6.45) is -0.632. The van der Waals surface area contributed by atoms with Crippen LogP contribution in [-0.2, 0) is 25.8 Å². The molecule has 0 bridgehead atoms. The molecule has 1 aliphatic rings. The highest BCUT2D eigenvalue weighted by atomic mass is 16.7. The van der Waals surface area contributed by atoms with Gasteiger partial charge < -0.3 is 4.74 Å². The van der Waals surface area contributed by atoms with Gasteiger partial charge in [-0.05, 0) is 16.3 Å². The summed E-state index contributed by atoms with van der Waals surface area (Å²) in [4.78, 5) is 30.1. The monoisotopic (exact) mass is 375 g/mol. The van der Waals surface area contributed by atoms with Crippen LogP contribution in [-0.4, -0.2) is 23.5 Å². The van der Waals surface area contributed by atoms with E-state index in [0.717, 1.165) is 21.9 Å². The molecule has 4 rings (SSSR count). The highest BCUT2D eigenvalue weighted by Gasteiger charge is 2.46. The van der Waals surface area contributed by atoms with Gasteiger partial charge in [0.25, 0.3) is 5.91 Å². The highest BCUT2D eigenvalue weighted by Crippen LogP contribution is 2.37. The predicted molar refractivity (Wildman–Crippen MR) is 105 cm³/mol. The number of hydroxylamine groups is 2. The molecule has 0 spiro atoms. The molecule has 0 unspecified atom stereocenters. The van der Waals surface area contributed by atoms with E-state index in [1.54, 1.807) is 0 Å². The maximum absolute atomic E-state index is 12.7. The van der Waals surface area contributed by atoms with Gasteiger partial charge in [-0.15, -0.1) is 0 Å². The second-order valence-corrected chi connectivity index (χ2v) is 6.86. The van der Waals surface area contributed by atoms with Gasteiger partial charge in [0.1, 0.15) is 18.6 Å². The van der Waals surface area contributed by atoms with Crippen LogP contribution in [0.2, 0.25) is 0 Å². The number of amides is 1. The molecule has 1 aliphatic heterocycles. The average molecular weight is 375 g/mol. The summed E-state index contributed by atoms with van der Waals surface area (Å²) in [5, 5.41) is 3.37. The zero-order valence-electron chi connectivity index (χ0n) is 15.6. The van der Waals surface area contributed by atoms with Crippen LogP contribution in [0, 0.1) is 5.92 Å². The van der Waals surface area contributed by atoms with Crippen molar-refractivity contribution in [2.75, 3.05) is 6.54 Å². The molecule has 5 nitrogen and oxygen atoms in total. The van der Waals surface area contributed by atoms with Crippen LogP contribution < -0.4 is 0 Å². The summed E-state index contributed by atoms with van der Waals surface area (Å²) in [5.41, 5.74) is 1.83. The molecule has 1 heterocycles. The molecule has 0 saturated carbocycles. The summed E-state index contributed by atoms with van der Waals surface area (Å²) >= 11 is 0. The second kappa shape index (κ2) is 7.82. The Morgan fingerprint density at radius 3 is 2.50 bits per heavy atom. The Morgan fingerprint density at radius 1 is 1.04 bits per heavy atom. The summed E-state index contributed by atoms with van der Waals surface area (Å²) < 4.78 is 5.59. The molecule has 1 saturated heterocycles. The molecule has 3 aromatic rings. The molecule has 1 amide bonds. The third-order valence-electron chi connectivity index (χ3n) is 4.94. The maximum atomic E-state index is 12.7. The van der Waals surface area contributed by atoms with Crippen LogP contribution in [0.25, 0.3) is 10.8 Å². The first kappa shape index (κ1) is 18.2. The molecule has 0 aliphatic carbocycles. The first-order chi connectivity index (χ1) is 13.6. The van der Waals surface area contributed by atoms with Crippen molar-refractivity contribution in [3.8, 4) is 0 Å². The van der Waals surface area contributed by atoms with Crippen LogP contribution in [0.3, 0.4) is 0 Å². The number of carbonyl (C=O) groups excluding carboxylic acids is 2. The zero-order chi connectivity index (χ0) is 19.5. The molecule has 0 N–H and O–H groups in total. The van der Waals surface area contributed by atoms with E-state index in [1.165, 1.54) is 12.0 Å². The van der Waals surface area contributed by atoms with E-state index in [9.17, 15) is 9.59 Å². The number of benzene rings is 3. The van der Waals surface area contributed by atoms with Crippen molar-refractivity contribution < 1.29 is 19.2 Å². The average Bonchev–Trinajstić information content (AvgIpc) is 2.72. The predicted octanol–water partition coefficient (Wildman–Crippen LogP) is 4.03. The lowest BCUT2D eigenvalue weighted by Crippen LogP contribution is -2.54. The maximum Gasteiger partial charge on any atom is 0.303 e. The Hall–Kier alpha value is -3.18. The quantitative estimate of drug-likeness (QED) is 0.482. The first-order valence-electron chi connectivity index (χ1n) is 9.26. The smallest absolute Gasteiger partial charge is 0.303 e. The van der Waals surface area contributed by atoms with Crippen molar-refractivity contribution in [3.05, 3.63) is 83.9 Å². The lowest BCUT2D eigenvalue weighted by atomic mass is 9.87. The van der Waals surface area contributed by atoms with Crippen molar-refractivity contribution in [2.45, 2.75) is 19.6 Å². The van der Waals surface area contributed by atoms with Crippen molar-refractivity contribution in [1.29, 1.82) is 0 Å². The fourth-order valence-electron chi connectivity index (χ4n) is 3.53. The van der Waals surface area contributed by atoms with Gasteiger partial charge in [0.05, 0.1) is 6.54 Å². The zero-order valence-corrected chi connectivity index (χ0v) is 15.6. The SMILES string of the molecule is CC(=O)O[C@H](c1cccc2ccccc12)[C@@H]1CN(OCc2ccccc2)C1=O. The normalized spacial score (nSPS) is 17.2. The minimum atomic E-state index is -0.632. The topological polar surface area (TPSA) is 55.8 Å². The number of fused-ring (bicyclic) bond motifs is 1. The van der Waals surface area contributed by atoms with Crippen molar-refractivity contribution in [2.24, 2.45) is 5.92 Å². The lowest BCUT2D eigenvalue weighted by molar-refractivity contribution is -0.235. The number of hydrogen-bond donors (Lipinski definition) is 0. The molecule has 28 heavy (non-hydrogen) atoms. The second-order valence-electron chi connectivity index (χ2n) is 6.86. The minimum absolute atomic E-state index is 0.171. The Labute approximate surface area is 163 Å². The molecule has 2 atom stereocenters. The number of β-lactam (4-membered cyclic amide) rings is 1. The van der Waals surface area contributed by atoms with Crippen molar-refractivity contribution in [3.63, 3.8) is 0 Å². The Bertz CT molecular complexity index is 996. The standard InChI is InChI=1S/C23H21NO4/c1-16(25)28-22(20-13-7-11-18-10-5-6-12-19(18)20)21-14-24(23(21)26)27-15-17-8-3-2-4-9-17/h2-13,21-22H,14-15H2,1H3/t21-,22+/m0/s1. The molecule has 142 valence electrons. The van der Waals surface area contributed by atoms with Crippen LogP contribution in [0.4, 0.5) is 0 Å². The van der Waals surface area contributed by atoms with E-state index in [1.807, 2.05) is 72.8 Å². The summed E-state index contributed by atoms with van der Waals surface area (Å²) in [7, 11) is 0. The third kappa shape index (κ3) is 3.62. The third-order valence-corrected chi connectivity index (χ3v) is 4.94. The van der Waals surface area contributed by atoms with E-state index in [2.05, 4.69) is 0 Å². The fraction of sp³-hybridized carbons (Fsp3) is 0.217. The van der Waals surface area contributed by atoms with Gasteiger partial charge in [-0.2, -0.15) is 0 Å². The minimum Gasteiger partial charge on any atom is -0.457 e. The van der Waals surface area contributed by atoms with E-state index in [0.29, 0.717) is 13.2 Å². The number of nitrogens with zero attached hydrogens (tertiary/aromatic N) is 1. The van der Waals surface area contributed by atoms with Gasteiger partial charge in [0.2, 0.25) is 0 Å². The number of esters is 1. The summed E-state index contributed by atoms with van der Waals surface area (Å²) in [5.74, 6) is -1.03. The number of hydrogen-bond acceptors (Lipinski definition) is 4. The van der Waals surface area contributed by atoms with Crippen molar-refractivity contribution in [1.82, 2.24) is 5.06 Å². The van der Waals surface area contributed by atoms with Gasteiger partial charge >= 0.3 is 5.97 Å². The molecular weight excluding hydrogens is 354 g/mol. The Kier molecular flexibility index (Phi) is 5.08. The highest BCUT2D eigenvalue weighted by molar-refractivity contribution is 5.89. The molecule has 0 aromatic heterocycles. The van der Waals surface area contributed by atoms with Gasteiger partial charge in [-0.3, -0.25) is 14.4 Å². The van der Waals surface area contributed by atoms with Gasteiger partial charge in [-0.25, -0.2) is 5.06 Å². The number of ether oxygens (including phenoxy) is 1. The van der Waals surface area contributed by atoms with Crippen LogP contribution in [0.15, 0.2) is 72.8 Å².